The summed E-state index contributed by atoms with van der Waals surface area (Å²) in [5.41, 5.74) is 1.24. The van der Waals surface area contributed by atoms with Gasteiger partial charge in [-0.1, -0.05) is 0 Å². The predicted octanol–water partition coefficient (Wildman–Crippen LogP) is 1.99. The second-order valence-electron chi connectivity index (χ2n) is 4.05. The lowest BCUT2D eigenvalue weighted by atomic mass is 10.0. The molecule has 3 nitrogen and oxygen atoms in total. The third-order valence-corrected chi connectivity index (χ3v) is 2.94. The molecule has 0 unspecified atom stereocenters. The minimum atomic E-state index is -0.664. The van der Waals surface area contributed by atoms with E-state index in [2.05, 4.69) is 0 Å². The zero-order valence-corrected chi connectivity index (χ0v) is 9.33. The van der Waals surface area contributed by atoms with Gasteiger partial charge in [-0.3, -0.25) is 0 Å². The maximum absolute atomic E-state index is 10.1. The van der Waals surface area contributed by atoms with Crippen molar-refractivity contribution in [3.63, 3.8) is 0 Å². The van der Waals surface area contributed by atoms with Gasteiger partial charge < -0.3 is 14.6 Å². The Bertz CT molecular complexity index is 381. The second-order valence-corrected chi connectivity index (χ2v) is 4.05. The summed E-state index contributed by atoms with van der Waals surface area (Å²) in [6.07, 6.45) is 1.63. The summed E-state index contributed by atoms with van der Waals surface area (Å²) in [6.45, 7) is 1.97. The molecule has 1 aliphatic carbocycles. The van der Waals surface area contributed by atoms with E-state index in [4.69, 9.17) is 9.47 Å². The van der Waals surface area contributed by atoms with Gasteiger partial charge in [0.1, 0.15) is 11.5 Å². The quantitative estimate of drug-likeness (QED) is 0.825. The molecular formula is C12H16O3. The Morgan fingerprint density at radius 2 is 1.73 bits per heavy atom. The van der Waals surface area contributed by atoms with E-state index in [9.17, 15) is 5.11 Å². The van der Waals surface area contributed by atoms with E-state index >= 15 is 0 Å². The SMILES string of the molecule is COc1cc(OC)c(C2(O)CC2)cc1C. The lowest BCUT2D eigenvalue weighted by Gasteiger charge is -2.16. The first-order valence-corrected chi connectivity index (χ1v) is 5.06. The average molecular weight is 208 g/mol. The molecule has 0 radical (unpaired) electrons. The molecule has 1 aromatic carbocycles. The first-order valence-electron chi connectivity index (χ1n) is 5.06. The van der Waals surface area contributed by atoms with Crippen LogP contribution in [0.4, 0.5) is 0 Å². The van der Waals surface area contributed by atoms with Crippen LogP contribution < -0.4 is 9.47 Å². The van der Waals surface area contributed by atoms with Gasteiger partial charge in [0, 0.05) is 11.6 Å². The van der Waals surface area contributed by atoms with Gasteiger partial charge in [-0.05, 0) is 31.4 Å². The van der Waals surface area contributed by atoms with E-state index in [0.717, 1.165) is 29.7 Å². The van der Waals surface area contributed by atoms with E-state index in [-0.39, 0.29) is 0 Å². The summed E-state index contributed by atoms with van der Waals surface area (Å²) in [5, 5.41) is 10.1. The first kappa shape index (κ1) is 10.3. The number of ether oxygens (including phenoxy) is 2. The third-order valence-electron chi connectivity index (χ3n) is 2.94. The average Bonchev–Trinajstić information content (AvgIpc) is 2.97. The first-order chi connectivity index (χ1) is 7.10. The summed E-state index contributed by atoms with van der Waals surface area (Å²) < 4.78 is 10.5. The van der Waals surface area contributed by atoms with Crippen LogP contribution in [0.25, 0.3) is 0 Å². The topological polar surface area (TPSA) is 38.7 Å². The molecule has 1 N–H and O–H groups in total. The molecule has 3 heteroatoms. The minimum absolute atomic E-state index is 0.664. The fourth-order valence-corrected chi connectivity index (χ4v) is 1.81. The number of hydrogen-bond acceptors (Lipinski definition) is 3. The van der Waals surface area contributed by atoms with Gasteiger partial charge in [0.15, 0.2) is 0 Å². The van der Waals surface area contributed by atoms with Crippen LogP contribution in [0.15, 0.2) is 12.1 Å². The minimum Gasteiger partial charge on any atom is -0.496 e. The van der Waals surface area contributed by atoms with Crippen LogP contribution in [-0.4, -0.2) is 19.3 Å². The van der Waals surface area contributed by atoms with E-state index in [1.54, 1.807) is 14.2 Å². The molecule has 1 saturated carbocycles. The highest BCUT2D eigenvalue weighted by atomic mass is 16.5. The second kappa shape index (κ2) is 3.42. The molecule has 82 valence electrons. The molecule has 0 aromatic heterocycles. The van der Waals surface area contributed by atoms with Gasteiger partial charge in [0.25, 0.3) is 0 Å². The number of methoxy groups -OCH3 is 2. The molecule has 0 saturated heterocycles. The van der Waals surface area contributed by atoms with Crippen LogP contribution in [0.5, 0.6) is 11.5 Å². The van der Waals surface area contributed by atoms with Crippen LogP contribution in [-0.2, 0) is 5.60 Å². The maximum Gasteiger partial charge on any atom is 0.128 e. The Balaban J connectivity index is 2.50. The van der Waals surface area contributed by atoms with E-state index in [0.29, 0.717) is 5.75 Å². The van der Waals surface area contributed by atoms with Crippen molar-refractivity contribution in [3.8, 4) is 11.5 Å². The number of rotatable bonds is 3. The van der Waals surface area contributed by atoms with Crippen molar-refractivity contribution < 1.29 is 14.6 Å². The number of aliphatic hydroxyl groups is 1. The smallest absolute Gasteiger partial charge is 0.128 e. The van der Waals surface area contributed by atoms with Crippen LogP contribution in [0.3, 0.4) is 0 Å². The summed E-state index contributed by atoms with van der Waals surface area (Å²) in [5.74, 6) is 1.50. The largest absolute Gasteiger partial charge is 0.496 e. The molecule has 1 fully saturated rings. The Morgan fingerprint density at radius 3 is 2.20 bits per heavy atom. The monoisotopic (exact) mass is 208 g/mol. The van der Waals surface area contributed by atoms with Crippen LogP contribution in [0, 0.1) is 6.92 Å². The van der Waals surface area contributed by atoms with Crippen LogP contribution >= 0.6 is 0 Å². The summed E-state index contributed by atoms with van der Waals surface area (Å²) in [6, 6.07) is 3.78. The van der Waals surface area contributed by atoms with Gasteiger partial charge >= 0.3 is 0 Å². The summed E-state index contributed by atoms with van der Waals surface area (Å²) in [4.78, 5) is 0. The van der Waals surface area contributed by atoms with Crippen molar-refractivity contribution >= 4 is 0 Å². The van der Waals surface area contributed by atoms with Gasteiger partial charge in [-0.25, -0.2) is 0 Å². The summed E-state index contributed by atoms with van der Waals surface area (Å²) >= 11 is 0. The number of benzene rings is 1. The molecule has 0 amide bonds. The normalized spacial score (nSPS) is 17.3. The van der Waals surface area contributed by atoms with E-state index in [1.165, 1.54) is 0 Å². The molecule has 1 aliphatic rings. The van der Waals surface area contributed by atoms with E-state index < -0.39 is 5.60 Å². The van der Waals surface area contributed by atoms with Crippen molar-refractivity contribution in [2.75, 3.05) is 14.2 Å². The predicted molar refractivity (Wildman–Crippen MR) is 57.4 cm³/mol. The highest BCUT2D eigenvalue weighted by Gasteiger charge is 2.44. The lowest BCUT2D eigenvalue weighted by molar-refractivity contribution is 0.147. The fraction of sp³-hybridized carbons (Fsp3) is 0.500. The highest BCUT2D eigenvalue weighted by Crippen LogP contribution is 2.50. The van der Waals surface area contributed by atoms with Crippen molar-refractivity contribution in [2.24, 2.45) is 0 Å². The maximum atomic E-state index is 10.1. The van der Waals surface area contributed by atoms with Crippen LogP contribution in [0.1, 0.15) is 24.0 Å². The Labute approximate surface area is 89.6 Å². The molecule has 0 heterocycles. The Morgan fingerprint density at radius 1 is 1.13 bits per heavy atom. The fourth-order valence-electron chi connectivity index (χ4n) is 1.81. The molecule has 0 atom stereocenters. The number of hydrogen-bond donors (Lipinski definition) is 1. The van der Waals surface area contributed by atoms with Crippen molar-refractivity contribution in [1.82, 2.24) is 0 Å². The third kappa shape index (κ3) is 1.67. The van der Waals surface area contributed by atoms with Gasteiger partial charge in [-0.2, -0.15) is 0 Å². The van der Waals surface area contributed by atoms with Gasteiger partial charge in [-0.15, -0.1) is 0 Å². The van der Waals surface area contributed by atoms with Gasteiger partial charge in [0.2, 0.25) is 0 Å². The standard InChI is InChI=1S/C12H16O3/c1-8-6-9(12(13)4-5-12)11(15-3)7-10(8)14-2/h6-7,13H,4-5H2,1-3H3. The number of aryl methyl sites for hydroxylation is 1. The van der Waals surface area contributed by atoms with Crippen molar-refractivity contribution in [1.29, 1.82) is 0 Å². The van der Waals surface area contributed by atoms with Crippen LogP contribution in [0.2, 0.25) is 0 Å². The Kier molecular flexibility index (Phi) is 2.35. The highest BCUT2D eigenvalue weighted by molar-refractivity contribution is 5.50. The zero-order valence-electron chi connectivity index (χ0n) is 9.33. The molecule has 0 spiro atoms. The molecule has 2 rings (SSSR count). The molecular weight excluding hydrogens is 192 g/mol. The molecule has 0 aliphatic heterocycles. The van der Waals surface area contributed by atoms with Crippen molar-refractivity contribution in [2.45, 2.75) is 25.4 Å². The zero-order chi connectivity index (χ0) is 11.1. The van der Waals surface area contributed by atoms with Crippen molar-refractivity contribution in [3.05, 3.63) is 23.3 Å². The van der Waals surface area contributed by atoms with E-state index in [1.807, 2.05) is 19.1 Å². The summed E-state index contributed by atoms with van der Waals surface area (Å²) in [7, 11) is 3.24. The molecule has 15 heavy (non-hydrogen) atoms. The molecule has 0 bridgehead atoms. The Hall–Kier alpha value is -1.22. The lowest BCUT2D eigenvalue weighted by Crippen LogP contribution is -2.07. The molecule has 1 aromatic rings. The van der Waals surface area contributed by atoms with Gasteiger partial charge in [0.05, 0.1) is 19.8 Å².